The number of pyridine rings is 1. The maximum absolute atomic E-state index is 11.2. The summed E-state index contributed by atoms with van der Waals surface area (Å²) < 4.78 is 0. The van der Waals surface area contributed by atoms with Crippen molar-refractivity contribution in [2.24, 2.45) is 0 Å². The standard InChI is InChI=1S/C14H21N3O/c1-11(13-3-7-15-8-4-13)16-14-5-9-17(10-6-14)12(2)18/h3-4,7-8,11,14,16H,5-6,9-10H2,1-2H3/t11-/m1/s1. The molecule has 0 bridgehead atoms. The summed E-state index contributed by atoms with van der Waals surface area (Å²) in [5.74, 6) is 0.190. The van der Waals surface area contributed by atoms with Gasteiger partial charge in [-0.1, -0.05) is 0 Å². The summed E-state index contributed by atoms with van der Waals surface area (Å²) in [6.07, 6.45) is 5.72. The van der Waals surface area contributed by atoms with Crippen LogP contribution in [-0.2, 0) is 4.79 Å². The van der Waals surface area contributed by atoms with Crippen LogP contribution >= 0.6 is 0 Å². The monoisotopic (exact) mass is 247 g/mol. The van der Waals surface area contributed by atoms with Gasteiger partial charge in [0.1, 0.15) is 0 Å². The minimum Gasteiger partial charge on any atom is -0.343 e. The molecule has 4 nitrogen and oxygen atoms in total. The van der Waals surface area contributed by atoms with Gasteiger partial charge in [0.05, 0.1) is 0 Å². The fourth-order valence-electron chi connectivity index (χ4n) is 2.46. The smallest absolute Gasteiger partial charge is 0.219 e. The summed E-state index contributed by atoms with van der Waals surface area (Å²) in [5, 5.41) is 3.63. The molecule has 98 valence electrons. The number of nitrogens with zero attached hydrogens (tertiary/aromatic N) is 2. The number of likely N-dealkylation sites (tertiary alicyclic amines) is 1. The van der Waals surface area contributed by atoms with Crippen LogP contribution in [0.3, 0.4) is 0 Å². The van der Waals surface area contributed by atoms with E-state index in [2.05, 4.69) is 17.2 Å². The second kappa shape index (κ2) is 5.96. The first-order valence-electron chi connectivity index (χ1n) is 6.58. The molecular weight excluding hydrogens is 226 g/mol. The maximum atomic E-state index is 11.2. The van der Waals surface area contributed by atoms with Crippen molar-refractivity contribution < 1.29 is 4.79 Å². The molecule has 18 heavy (non-hydrogen) atoms. The lowest BCUT2D eigenvalue weighted by Crippen LogP contribution is -2.44. The lowest BCUT2D eigenvalue weighted by molar-refractivity contribution is -0.129. The molecule has 0 spiro atoms. The van der Waals surface area contributed by atoms with Crippen molar-refractivity contribution in [1.82, 2.24) is 15.2 Å². The molecule has 1 fully saturated rings. The molecule has 0 radical (unpaired) electrons. The van der Waals surface area contributed by atoms with Crippen LogP contribution in [0.4, 0.5) is 0 Å². The van der Waals surface area contributed by atoms with Gasteiger partial charge in [-0.15, -0.1) is 0 Å². The zero-order valence-corrected chi connectivity index (χ0v) is 11.1. The summed E-state index contributed by atoms with van der Waals surface area (Å²) in [5.41, 5.74) is 1.26. The Balaban J connectivity index is 1.83. The van der Waals surface area contributed by atoms with Crippen LogP contribution in [-0.4, -0.2) is 34.9 Å². The zero-order valence-electron chi connectivity index (χ0n) is 11.1. The van der Waals surface area contributed by atoms with E-state index in [1.165, 1.54) is 5.56 Å². The Bertz CT molecular complexity index is 385. The van der Waals surface area contributed by atoms with Gasteiger partial charge in [-0.2, -0.15) is 0 Å². The molecular formula is C14H21N3O. The first-order valence-corrected chi connectivity index (χ1v) is 6.58. The van der Waals surface area contributed by atoms with E-state index < -0.39 is 0 Å². The van der Waals surface area contributed by atoms with Crippen LogP contribution in [0, 0.1) is 0 Å². The third-order valence-electron chi connectivity index (χ3n) is 3.63. The van der Waals surface area contributed by atoms with Gasteiger partial charge >= 0.3 is 0 Å². The Hall–Kier alpha value is -1.42. The van der Waals surface area contributed by atoms with Gasteiger partial charge in [-0.3, -0.25) is 9.78 Å². The van der Waals surface area contributed by atoms with Gasteiger partial charge < -0.3 is 10.2 Å². The molecule has 1 aromatic rings. The average Bonchev–Trinajstić information content (AvgIpc) is 2.40. The number of aromatic nitrogens is 1. The van der Waals surface area contributed by atoms with Crippen molar-refractivity contribution in [2.75, 3.05) is 13.1 Å². The van der Waals surface area contributed by atoms with Crippen LogP contribution in [0.1, 0.15) is 38.3 Å². The minimum absolute atomic E-state index is 0.190. The number of amides is 1. The van der Waals surface area contributed by atoms with Crippen molar-refractivity contribution in [3.05, 3.63) is 30.1 Å². The normalized spacial score (nSPS) is 18.7. The number of nitrogens with one attached hydrogen (secondary N) is 1. The van der Waals surface area contributed by atoms with Crippen LogP contribution in [0.15, 0.2) is 24.5 Å². The Kier molecular flexibility index (Phi) is 4.31. The highest BCUT2D eigenvalue weighted by Gasteiger charge is 2.21. The highest BCUT2D eigenvalue weighted by Crippen LogP contribution is 2.16. The van der Waals surface area contributed by atoms with E-state index in [-0.39, 0.29) is 5.91 Å². The molecule has 2 rings (SSSR count). The predicted molar refractivity (Wildman–Crippen MR) is 71.1 cm³/mol. The summed E-state index contributed by atoms with van der Waals surface area (Å²) in [7, 11) is 0. The number of piperidine rings is 1. The molecule has 1 aliphatic rings. The molecule has 1 aromatic heterocycles. The maximum Gasteiger partial charge on any atom is 0.219 e. The third-order valence-corrected chi connectivity index (χ3v) is 3.63. The number of hydrogen-bond acceptors (Lipinski definition) is 3. The topological polar surface area (TPSA) is 45.2 Å². The molecule has 1 saturated heterocycles. The Morgan fingerprint density at radius 1 is 1.39 bits per heavy atom. The van der Waals surface area contributed by atoms with Gasteiger partial charge in [0.2, 0.25) is 5.91 Å². The predicted octanol–water partition coefficient (Wildman–Crippen LogP) is 1.74. The van der Waals surface area contributed by atoms with Gasteiger partial charge in [-0.25, -0.2) is 0 Å². The molecule has 1 aliphatic heterocycles. The molecule has 0 aliphatic carbocycles. The average molecular weight is 247 g/mol. The van der Waals surface area contributed by atoms with Gasteiger partial charge in [0.25, 0.3) is 0 Å². The van der Waals surface area contributed by atoms with E-state index in [0.717, 1.165) is 25.9 Å². The first-order chi connectivity index (χ1) is 8.66. The molecule has 4 heteroatoms. The van der Waals surface area contributed by atoms with Crippen molar-refractivity contribution in [2.45, 2.75) is 38.8 Å². The Morgan fingerprint density at radius 2 is 2.00 bits per heavy atom. The van der Waals surface area contributed by atoms with E-state index in [4.69, 9.17) is 0 Å². The molecule has 0 unspecified atom stereocenters. The molecule has 0 saturated carbocycles. The fraction of sp³-hybridized carbons (Fsp3) is 0.571. The van der Waals surface area contributed by atoms with Crippen molar-refractivity contribution >= 4 is 5.91 Å². The lowest BCUT2D eigenvalue weighted by Gasteiger charge is -2.33. The Labute approximate surface area is 108 Å². The third kappa shape index (κ3) is 3.29. The minimum atomic E-state index is 0.190. The number of carbonyl (C=O) groups is 1. The largest absolute Gasteiger partial charge is 0.343 e. The van der Waals surface area contributed by atoms with Gasteiger partial charge in [0.15, 0.2) is 0 Å². The SMILES string of the molecule is CC(=O)N1CCC(N[C@H](C)c2ccncc2)CC1. The summed E-state index contributed by atoms with van der Waals surface area (Å²) in [6.45, 7) is 5.56. The highest BCUT2D eigenvalue weighted by molar-refractivity contribution is 5.73. The van der Waals surface area contributed by atoms with Crippen LogP contribution < -0.4 is 5.32 Å². The summed E-state index contributed by atoms with van der Waals surface area (Å²) >= 11 is 0. The zero-order chi connectivity index (χ0) is 13.0. The number of carbonyl (C=O) groups excluding carboxylic acids is 1. The van der Waals surface area contributed by atoms with Crippen molar-refractivity contribution in [3.63, 3.8) is 0 Å². The lowest BCUT2D eigenvalue weighted by atomic mass is 10.0. The van der Waals surface area contributed by atoms with Gasteiger partial charge in [-0.05, 0) is 37.5 Å². The highest BCUT2D eigenvalue weighted by atomic mass is 16.2. The Morgan fingerprint density at radius 3 is 2.56 bits per heavy atom. The van der Waals surface area contributed by atoms with E-state index in [9.17, 15) is 4.79 Å². The number of hydrogen-bond donors (Lipinski definition) is 1. The van der Waals surface area contributed by atoms with E-state index >= 15 is 0 Å². The van der Waals surface area contributed by atoms with Crippen LogP contribution in [0.2, 0.25) is 0 Å². The molecule has 1 atom stereocenters. The molecule has 2 heterocycles. The van der Waals surface area contributed by atoms with E-state index in [1.54, 1.807) is 6.92 Å². The van der Waals surface area contributed by atoms with Gasteiger partial charge in [0, 0.05) is 44.5 Å². The second-order valence-electron chi connectivity index (χ2n) is 4.95. The van der Waals surface area contributed by atoms with Crippen molar-refractivity contribution in [1.29, 1.82) is 0 Å². The number of rotatable bonds is 3. The van der Waals surface area contributed by atoms with Crippen molar-refractivity contribution in [3.8, 4) is 0 Å². The fourth-order valence-corrected chi connectivity index (χ4v) is 2.46. The molecule has 0 aromatic carbocycles. The quantitative estimate of drug-likeness (QED) is 0.885. The first kappa shape index (κ1) is 13.0. The summed E-state index contributed by atoms with van der Waals surface area (Å²) in [6, 6.07) is 4.93. The van der Waals surface area contributed by atoms with Crippen LogP contribution in [0.25, 0.3) is 0 Å². The molecule has 1 N–H and O–H groups in total. The summed E-state index contributed by atoms with van der Waals surface area (Å²) in [4.78, 5) is 17.2. The van der Waals surface area contributed by atoms with E-state index in [1.807, 2.05) is 29.4 Å². The van der Waals surface area contributed by atoms with Crippen LogP contribution in [0.5, 0.6) is 0 Å². The van der Waals surface area contributed by atoms with E-state index in [0.29, 0.717) is 12.1 Å². The second-order valence-corrected chi connectivity index (χ2v) is 4.95. The molecule has 1 amide bonds.